The first-order chi connectivity index (χ1) is 9.95. The highest BCUT2D eigenvalue weighted by molar-refractivity contribution is 9.10. The highest BCUT2D eigenvalue weighted by Gasteiger charge is 2.10. The molecule has 1 aromatic carbocycles. The van der Waals surface area contributed by atoms with Crippen molar-refractivity contribution in [1.29, 1.82) is 0 Å². The zero-order chi connectivity index (χ0) is 15.4. The van der Waals surface area contributed by atoms with E-state index in [4.69, 9.17) is 5.73 Å². The summed E-state index contributed by atoms with van der Waals surface area (Å²) in [5, 5.41) is 4.88. The minimum atomic E-state index is -0.131. The van der Waals surface area contributed by atoms with Gasteiger partial charge in [-0.1, -0.05) is 12.1 Å². The predicted octanol–water partition coefficient (Wildman–Crippen LogP) is 4.19. The van der Waals surface area contributed by atoms with Gasteiger partial charge in [0.15, 0.2) is 0 Å². The van der Waals surface area contributed by atoms with Crippen LogP contribution in [0, 0.1) is 0 Å². The van der Waals surface area contributed by atoms with E-state index >= 15 is 0 Å². The van der Waals surface area contributed by atoms with Gasteiger partial charge in [-0.15, -0.1) is 11.3 Å². The smallest absolute Gasteiger partial charge is 0.321 e. The third-order valence-electron chi connectivity index (χ3n) is 3.05. The maximum atomic E-state index is 12.1. The van der Waals surface area contributed by atoms with E-state index in [1.807, 2.05) is 42.6 Å². The van der Waals surface area contributed by atoms with E-state index < -0.39 is 0 Å². The van der Waals surface area contributed by atoms with Crippen LogP contribution in [0.2, 0.25) is 0 Å². The normalized spacial score (nSPS) is 12.0. The third-order valence-corrected chi connectivity index (χ3v) is 4.73. The van der Waals surface area contributed by atoms with Gasteiger partial charge in [0.05, 0.1) is 6.54 Å². The number of halogens is 1. The lowest BCUT2D eigenvalue weighted by Gasteiger charge is -2.17. The maximum absolute atomic E-state index is 12.1. The second-order valence-corrected chi connectivity index (χ2v) is 6.84. The van der Waals surface area contributed by atoms with Crippen LogP contribution in [-0.2, 0) is 6.54 Å². The molecule has 21 heavy (non-hydrogen) atoms. The lowest BCUT2D eigenvalue weighted by Crippen LogP contribution is -2.30. The number of amides is 2. The number of nitrogens with one attached hydrogen (secondary N) is 1. The highest BCUT2D eigenvalue weighted by atomic mass is 79.9. The molecule has 2 rings (SSSR count). The van der Waals surface area contributed by atoms with Gasteiger partial charge in [0.1, 0.15) is 0 Å². The summed E-state index contributed by atoms with van der Waals surface area (Å²) in [6.07, 6.45) is 0. The number of urea groups is 1. The van der Waals surface area contributed by atoms with Gasteiger partial charge in [0.2, 0.25) is 0 Å². The fraction of sp³-hybridized carbons (Fsp3) is 0.267. The Morgan fingerprint density at radius 1 is 1.43 bits per heavy atom. The van der Waals surface area contributed by atoms with Crippen molar-refractivity contribution >= 4 is 39.0 Å². The zero-order valence-electron chi connectivity index (χ0n) is 12.0. The van der Waals surface area contributed by atoms with Crippen molar-refractivity contribution in [2.24, 2.45) is 5.73 Å². The average molecular weight is 368 g/mol. The first-order valence-corrected chi connectivity index (χ1v) is 8.23. The van der Waals surface area contributed by atoms with Crippen LogP contribution in [-0.4, -0.2) is 18.0 Å². The van der Waals surface area contributed by atoms with Gasteiger partial charge in [-0.2, -0.15) is 0 Å². The summed E-state index contributed by atoms with van der Waals surface area (Å²) in [7, 11) is 1.78. The van der Waals surface area contributed by atoms with E-state index in [-0.39, 0.29) is 12.1 Å². The molecule has 0 aliphatic rings. The van der Waals surface area contributed by atoms with Crippen molar-refractivity contribution < 1.29 is 4.79 Å². The van der Waals surface area contributed by atoms with Crippen molar-refractivity contribution in [3.05, 3.63) is 50.6 Å². The minimum absolute atomic E-state index is 0.00491. The zero-order valence-corrected chi connectivity index (χ0v) is 14.4. The second-order valence-electron chi connectivity index (χ2n) is 4.93. The minimum Gasteiger partial charge on any atom is -0.324 e. The average Bonchev–Trinajstić information content (AvgIpc) is 2.84. The SMILES string of the molecule is CC(N)c1ccc(NC(=O)N(C)Cc2cc(Br)cs2)cc1. The number of hydrogen-bond donors (Lipinski definition) is 2. The Kier molecular flexibility index (Phi) is 5.39. The Morgan fingerprint density at radius 2 is 2.10 bits per heavy atom. The van der Waals surface area contributed by atoms with Gasteiger partial charge in [-0.3, -0.25) is 0 Å². The number of nitrogens with zero attached hydrogens (tertiary/aromatic N) is 1. The molecule has 0 aliphatic heterocycles. The molecule has 4 nitrogen and oxygen atoms in total. The first kappa shape index (κ1) is 16.0. The quantitative estimate of drug-likeness (QED) is 0.850. The van der Waals surface area contributed by atoms with E-state index in [9.17, 15) is 4.79 Å². The number of thiophene rings is 1. The summed E-state index contributed by atoms with van der Waals surface area (Å²) >= 11 is 5.04. The number of carbonyl (C=O) groups excluding carboxylic acids is 1. The fourth-order valence-electron chi connectivity index (χ4n) is 1.83. The molecule has 0 fully saturated rings. The second kappa shape index (κ2) is 7.06. The molecule has 0 spiro atoms. The molecular weight excluding hydrogens is 350 g/mol. The molecule has 1 atom stereocenters. The van der Waals surface area contributed by atoms with Crippen LogP contribution in [0.15, 0.2) is 40.2 Å². The molecule has 1 unspecified atom stereocenters. The van der Waals surface area contributed by atoms with Gasteiger partial charge in [-0.25, -0.2) is 4.79 Å². The third kappa shape index (κ3) is 4.56. The molecule has 1 heterocycles. The van der Waals surface area contributed by atoms with Crippen LogP contribution in [0.3, 0.4) is 0 Å². The van der Waals surface area contributed by atoms with Crippen molar-refractivity contribution in [3.63, 3.8) is 0 Å². The molecule has 3 N–H and O–H groups in total. The van der Waals surface area contributed by atoms with E-state index in [2.05, 4.69) is 21.2 Å². The molecular formula is C15H18BrN3OS. The van der Waals surface area contributed by atoms with E-state index in [1.165, 1.54) is 0 Å². The van der Waals surface area contributed by atoms with Gasteiger partial charge in [-0.05, 0) is 46.6 Å². The Hall–Kier alpha value is -1.37. The molecule has 0 saturated carbocycles. The number of hydrogen-bond acceptors (Lipinski definition) is 3. The number of nitrogens with two attached hydrogens (primary N) is 1. The highest BCUT2D eigenvalue weighted by Crippen LogP contribution is 2.21. The number of benzene rings is 1. The van der Waals surface area contributed by atoms with Crippen LogP contribution in [0.4, 0.5) is 10.5 Å². The summed E-state index contributed by atoms with van der Waals surface area (Å²) in [5.41, 5.74) is 7.62. The largest absolute Gasteiger partial charge is 0.324 e. The van der Waals surface area contributed by atoms with Crippen molar-refractivity contribution in [2.75, 3.05) is 12.4 Å². The van der Waals surface area contributed by atoms with Crippen LogP contribution >= 0.6 is 27.3 Å². The van der Waals surface area contributed by atoms with Gasteiger partial charge < -0.3 is 16.0 Å². The number of anilines is 1. The maximum Gasteiger partial charge on any atom is 0.321 e. The van der Waals surface area contributed by atoms with E-state index in [0.29, 0.717) is 6.54 Å². The Morgan fingerprint density at radius 3 is 2.62 bits per heavy atom. The van der Waals surface area contributed by atoms with Crippen LogP contribution in [0.25, 0.3) is 0 Å². The standard InChI is InChI=1S/C15H18BrN3OS/c1-10(17)11-3-5-13(6-4-11)18-15(20)19(2)8-14-7-12(16)9-21-14/h3-7,9-10H,8,17H2,1-2H3,(H,18,20). The number of rotatable bonds is 4. The van der Waals surface area contributed by atoms with Crippen LogP contribution in [0.5, 0.6) is 0 Å². The monoisotopic (exact) mass is 367 g/mol. The summed E-state index contributed by atoms with van der Waals surface area (Å²) < 4.78 is 1.04. The summed E-state index contributed by atoms with van der Waals surface area (Å²) in [6, 6.07) is 9.47. The Labute approximate surface area is 137 Å². The fourth-order valence-corrected chi connectivity index (χ4v) is 3.33. The topological polar surface area (TPSA) is 58.4 Å². The Bertz CT molecular complexity index is 610. The molecule has 2 aromatic rings. The van der Waals surface area contributed by atoms with Gasteiger partial charge in [0.25, 0.3) is 0 Å². The molecule has 2 amide bonds. The van der Waals surface area contributed by atoms with Crippen LogP contribution < -0.4 is 11.1 Å². The molecule has 6 heteroatoms. The number of carbonyl (C=O) groups is 1. The van der Waals surface area contributed by atoms with Gasteiger partial charge in [0, 0.05) is 33.5 Å². The van der Waals surface area contributed by atoms with E-state index in [1.54, 1.807) is 23.3 Å². The van der Waals surface area contributed by atoms with Crippen molar-refractivity contribution in [3.8, 4) is 0 Å². The van der Waals surface area contributed by atoms with E-state index in [0.717, 1.165) is 20.6 Å². The Balaban J connectivity index is 1.93. The molecule has 0 saturated heterocycles. The van der Waals surface area contributed by atoms with Crippen LogP contribution in [0.1, 0.15) is 23.4 Å². The summed E-state index contributed by atoms with van der Waals surface area (Å²) in [4.78, 5) is 14.9. The van der Waals surface area contributed by atoms with Crippen molar-refractivity contribution in [1.82, 2.24) is 4.90 Å². The summed E-state index contributed by atoms with van der Waals surface area (Å²) in [5.74, 6) is 0. The molecule has 112 valence electrons. The molecule has 0 radical (unpaired) electrons. The lowest BCUT2D eigenvalue weighted by molar-refractivity contribution is 0.221. The molecule has 0 bridgehead atoms. The molecule has 1 aromatic heterocycles. The van der Waals surface area contributed by atoms with Gasteiger partial charge >= 0.3 is 6.03 Å². The first-order valence-electron chi connectivity index (χ1n) is 6.56. The van der Waals surface area contributed by atoms with Crippen molar-refractivity contribution in [2.45, 2.75) is 19.5 Å². The summed E-state index contributed by atoms with van der Waals surface area (Å²) in [6.45, 7) is 2.51. The molecule has 0 aliphatic carbocycles. The predicted molar refractivity (Wildman–Crippen MR) is 91.5 cm³/mol. The lowest BCUT2D eigenvalue weighted by atomic mass is 10.1.